The van der Waals surface area contributed by atoms with Crippen LogP contribution in [0.2, 0.25) is 0 Å². The van der Waals surface area contributed by atoms with E-state index in [1.54, 1.807) is 0 Å². The van der Waals surface area contributed by atoms with E-state index in [9.17, 15) is 13.2 Å². The van der Waals surface area contributed by atoms with Crippen molar-refractivity contribution in [1.82, 2.24) is 4.90 Å². The van der Waals surface area contributed by atoms with Crippen LogP contribution in [0.5, 0.6) is 11.5 Å². The lowest BCUT2D eigenvalue weighted by Crippen LogP contribution is -2.37. The predicted octanol–water partition coefficient (Wildman–Crippen LogP) is 2.56. The minimum absolute atomic E-state index is 0.0836. The Balaban J connectivity index is 1.40. The van der Waals surface area contributed by atoms with Crippen LogP contribution in [0.15, 0.2) is 47.5 Å². The summed E-state index contributed by atoms with van der Waals surface area (Å²) in [5.74, 6) is 1.34. The number of hydrogen-bond donors (Lipinski definition) is 0. The molecule has 7 nitrogen and oxygen atoms in total. The topological polar surface area (TPSA) is 85.3 Å². The van der Waals surface area contributed by atoms with Crippen LogP contribution in [0.25, 0.3) is 0 Å². The van der Waals surface area contributed by atoms with Gasteiger partial charge >= 0.3 is 0 Å². The summed E-state index contributed by atoms with van der Waals surface area (Å²) in [6.07, 6.45) is 0.219. The van der Waals surface area contributed by atoms with Gasteiger partial charge in [0, 0.05) is 11.8 Å². The molecule has 0 bridgehead atoms. The Labute approximate surface area is 185 Å². The van der Waals surface area contributed by atoms with Crippen LogP contribution in [0.4, 0.5) is 0 Å². The van der Waals surface area contributed by atoms with Gasteiger partial charge in [-0.25, -0.2) is 8.42 Å². The molecule has 3 heterocycles. The highest BCUT2D eigenvalue weighted by atomic mass is 32.2. The van der Waals surface area contributed by atoms with Crippen molar-refractivity contribution in [3.05, 3.63) is 59.2 Å². The summed E-state index contributed by atoms with van der Waals surface area (Å²) in [4.78, 5) is 19.1. The summed E-state index contributed by atoms with van der Waals surface area (Å²) in [5, 5.41) is 0.491. The first-order valence-corrected chi connectivity index (χ1v) is 12.8. The van der Waals surface area contributed by atoms with E-state index in [1.165, 1.54) is 11.8 Å². The number of amides is 1. The Morgan fingerprint density at radius 2 is 1.97 bits per heavy atom. The average Bonchev–Trinajstić information content (AvgIpc) is 3.35. The Morgan fingerprint density at radius 1 is 1.13 bits per heavy atom. The molecule has 0 saturated carbocycles. The molecule has 9 heteroatoms. The molecular weight excluding hydrogens is 436 g/mol. The second-order valence-electron chi connectivity index (χ2n) is 8.07. The molecule has 0 unspecified atom stereocenters. The summed E-state index contributed by atoms with van der Waals surface area (Å²) >= 11 is 1.40. The predicted molar refractivity (Wildman–Crippen MR) is 119 cm³/mol. The van der Waals surface area contributed by atoms with Crippen LogP contribution >= 0.6 is 11.8 Å². The second kappa shape index (κ2) is 7.87. The normalized spacial score (nSPS) is 24.5. The van der Waals surface area contributed by atoms with E-state index in [-0.39, 0.29) is 41.9 Å². The van der Waals surface area contributed by atoms with Crippen LogP contribution in [0.3, 0.4) is 0 Å². The molecule has 5 rings (SSSR count). The number of aryl methyl sites for hydroxylation is 1. The summed E-state index contributed by atoms with van der Waals surface area (Å²) in [7, 11) is -3.09. The van der Waals surface area contributed by atoms with Crippen LogP contribution in [-0.2, 0) is 27.6 Å². The maximum Gasteiger partial charge on any atom is 0.252 e. The minimum Gasteiger partial charge on any atom is -0.454 e. The first-order valence-electron chi connectivity index (χ1n) is 10.1. The Hall–Kier alpha value is -2.52. The molecule has 0 aliphatic carbocycles. The van der Waals surface area contributed by atoms with Gasteiger partial charge in [-0.1, -0.05) is 47.7 Å². The van der Waals surface area contributed by atoms with E-state index >= 15 is 0 Å². The van der Waals surface area contributed by atoms with Gasteiger partial charge in [0.2, 0.25) is 6.79 Å². The SMILES string of the molecule is Cc1cccc(CC(=O)N=C2S[C@H]3CS(=O)(=O)C[C@@H]3N2Cc2ccc3c(c2)OCO3)c1. The molecule has 31 heavy (non-hydrogen) atoms. The van der Waals surface area contributed by atoms with E-state index in [4.69, 9.17) is 9.47 Å². The molecule has 0 N–H and O–H groups in total. The highest BCUT2D eigenvalue weighted by molar-refractivity contribution is 8.15. The lowest BCUT2D eigenvalue weighted by molar-refractivity contribution is -0.117. The Kier molecular flexibility index (Phi) is 5.18. The zero-order valence-electron chi connectivity index (χ0n) is 17.0. The van der Waals surface area contributed by atoms with E-state index in [0.717, 1.165) is 16.7 Å². The van der Waals surface area contributed by atoms with Crippen LogP contribution in [0.1, 0.15) is 16.7 Å². The molecule has 2 fully saturated rings. The first kappa shape index (κ1) is 20.4. The molecule has 2 aromatic rings. The van der Waals surface area contributed by atoms with E-state index in [0.29, 0.717) is 23.2 Å². The van der Waals surface area contributed by atoms with Crippen molar-refractivity contribution in [1.29, 1.82) is 0 Å². The Morgan fingerprint density at radius 3 is 2.81 bits per heavy atom. The molecule has 0 radical (unpaired) electrons. The third kappa shape index (κ3) is 4.29. The van der Waals surface area contributed by atoms with Gasteiger partial charge in [0.15, 0.2) is 26.5 Å². The number of benzene rings is 2. The van der Waals surface area contributed by atoms with Crippen molar-refractivity contribution in [3.8, 4) is 11.5 Å². The maximum absolute atomic E-state index is 12.7. The first-order chi connectivity index (χ1) is 14.9. The van der Waals surface area contributed by atoms with Gasteiger partial charge in [0.1, 0.15) is 0 Å². The van der Waals surface area contributed by atoms with E-state index in [2.05, 4.69) is 4.99 Å². The zero-order valence-corrected chi connectivity index (χ0v) is 18.6. The highest BCUT2D eigenvalue weighted by Crippen LogP contribution is 2.40. The summed E-state index contributed by atoms with van der Waals surface area (Å²) in [6.45, 7) is 2.64. The number of rotatable bonds is 4. The van der Waals surface area contributed by atoms with E-state index in [1.807, 2.05) is 54.3 Å². The molecule has 2 aromatic carbocycles. The van der Waals surface area contributed by atoms with Gasteiger partial charge in [-0.15, -0.1) is 0 Å². The average molecular weight is 459 g/mol. The third-order valence-corrected chi connectivity index (χ3v) is 8.87. The quantitative estimate of drug-likeness (QED) is 0.696. The number of fused-ring (bicyclic) bond motifs is 2. The maximum atomic E-state index is 12.7. The molecule has 1 amide bonds. The van der Waals surface area contributed by atoms with Crippen LogP contribution in [-0.4, -0.2) is 54.0 Å². The molecule has 0 spiro atoms. The van der Waals surface area contributed by atoms with Gasteiger partial charge in [0.05, 0.1) is 24.0 Å². The molecule has 3 aliphatic heterocycles. The highest BCUT2D eigenvalue weighted by Gasteiger charge is 2.48. The van der Waals surface area contributed by atoms with Gasteiger partial charge < -0.3 is 14.4 Å². The molecule has 2 atom stereocenters. The number of ether oxygens (including phenoxy) is 2. The number of amidine groups is 1. The molecule has 0 aromatic heterocycles. The molecular formula is C22H22N2O5S2. The molecule has 162 valence electrons. The number of nitrogens with zero attached hydrogens (tertiary/aromatic N) is 2. The number of sulfone groups is 1. The smallest absolute Gasteiger partial charge is 0.252 e. The fourth-order valence-corrected chi connectivity index (χ4v) is 8.17. The number of carbonyl (C=O) groups is 1. The standard InChI is InChI=1S/C22H22N2O5S2/c1-14-3-2-4-15(7-14)9-21(25)23-22-24(17-11-31(26,27)12-20(17)30-22)10-16-5-6-18-19(8-16)29-13-28-18/h2-8,17,20H,9-13H2,1H3/t17-,20-/m0/s1. The third-order valence-electron chi connectivity index (χ3n) is 5.62. The van der Waals surface area contributed by atoms with Crippen molar-refractivity contribution < 1.29 is 22.7 Å². The summed E-state index contributed by atoms with van der Waals surface area (Å²) in [5.41, 5.74) is 2.97. The number of aliphatic imine (C=N–C) groups is 1. The molecule has 3 aliphatic rings. The lowest BCUT2D eigenvalue weighted by Gasteiger charge is -2.24. The van der Waals surface area contributed by atoms with Gasteiger partial charge in [0.25, 0.3) is 5.91 Å². The van der Waals surface area contributed by atoms with Gasteiger partial charge in [-0.3, -0.25) is 4.79 Å². The lowest BCUT2D eigenvalue weighted by atomic mass is 10.1. The number of carbonyl (C=O) groups excluding carboxylic acids is 1. The zero-order chi connectivity index (χ0) is 21.6. The largest absolute Gasteiger partial charge is 0.454 e. The van der Waals surface area contributed by atoms with Crippen molar-refractivity contribution >= 4 is 32.7 Å². The van der Waals surface area contributed by atoms with Crippen LogP contribution < -0.4 is 9.47 Å². The molecule has 2 saturated heterocycles. The monoisotopic (exact) mass is 458 g/mol. The van der Waals surface area contributed by atoms with Crippen LogP contribution in [0, 0.1) is 6.92 Å². The summed E-state index contributed by atoms with van der Waals surface area (Å²) in [6, 6.07) is 13.3. The number of thioether (sulfide) groups is 1. The van der Waals surface area contributed by atoms with Crippen molar-refractivity contribution in [2.24, 2.45) is 4.99 Å². The minimum atomic E-state index is -3.09. The second-order valence-corrected chi connectivity index (χ2v) is 11.4. The van der Waals surface area contributed by atoms with Crippen molar-refractivity contribution in [2.45, 2.75) is 31.2 Å². The number of hydrogen-bond acceptors (Lipinski definition) is 6. The van der Waals surface area contributed by atoms with Crippen molar-refractivity contribution in [2.75, 3.05) is 18.3 Å². The van der Waals surface area contributed by atoms with Gasteiger partial charge in [-0.2, -0.15) is 4.99 Å². The fourth-order valence-electron chi connectivity index (χ4n) is 4.20. The fraction of sp³-hybridized carbons (Fsp3) is 0.364. The van der Waals surface area contributed by atoms with Gasteiger partial charge in [-0.05, 0) is 30.2 Å². The summed E-state index contributed by atoms with van der Waals surface area (Å²) < 4.78 is 35.3. The Bertz CT molecular complexity index is 1180. The van der Waals surface area contributed by atoms with E-state index < -0.39 is 9.84 Å². The van der Waals surface area contributed by atoms with Crippen molar-refractivity contribution in [3.63, 3.8) is 0 Å².